The van der Waals surface area contributed by atoms with Gasteiger partial charge in [0.25, 0.3) is 11.8 Å². The molecule has 1 aromatic rings. The van der Waals surface area contributed by atoms with Crippen LogP contribution >= 0.6 is 0 Å². The van der Waals surface area contributed by atoms with E-state index in [4.69, 9.17) is 0 Å². The van der Waals surface area contributed by atoms with E-state index in [1.165, 1.54) is 7.05 Å². The Balaban J connectivity index is 1.93. The molecule has 2 atom stereocenters. The summed E-state index contributed by atoms with van der Waals surface area (Å²) in [4.78, 5) is 35.1. The predicted molar refractivity (Wildman–Crippen MR) is 72.0 cm³/mol. The second-order valence-electron chi connectivity index (χ2n) is 4.83. The van der Waals surface area contributed by atoms with E-state index in [1.807, 2.05) is 37.3 Å². The molecule has 2 rings (SSSR count). The second kappa shape index (κ2) is 5.73. The Labute approximate surface area is 117 Å². The van der Waals surface area contributed by atoms with Crippen LogP contribution in [0.25, 0.3) is 0 Å². The zero-order valence-electron chi connectivity index (χ0n) is 11.4. The van der Waals surface area contributed by atoms with Crippen LogP contribution in [0.15, 0.2) is 30.3 Å². The average molecular weight is 275 g/mol. The van der Waals surface area contributed by atoms with Crippen LogP contribution in [0, 0.1) is 5.92 Å². The lowest BCUT2D eigenvalue weighted by Gasteiger charge is -2.15. The van der Waals surface area contributed by atoms with Crippen molar-refractivity contribution in [1.29, 1.82) is 0 Å². The van der Waals surface area contributed by atoms with Gasteiger partial charge in [0.1, 0.15) is 5.92 Å². The van der Waals surface area contributed by atoms with Crippen LogP contribution < -0.4 is 10.7 Å². The number of nitrogens with zero attached hydrogens (tertiary/aromatic N) is 1. The first kappa shape index (κ1) is 14.0. The molecule has 1 aromatic carbocycles. The third-order valence-corrected chi connectivity index (χ3v) is 3.29. The van der Waals surface area contributed by atoms with E-state index in [-0.39, 0.29) is 24.3 Å². The molecule has 6 heteroatoms. The number of hydrogen-bond acceptors (Lipinski definition) is 3. The highest BCUT2D eigenvalue weighted by molar-refractivity contribution is 6.07. The first-order valence-corrected chi connectivity index (χ1v) is 6.41. The molecule has 0 spiro atoms. The molecule has 6 nitrogen and oxygen atoms in total. The molecule has 0 aliphatic carbocycles. The number of hydrazine groups is 1. The lowest BCUT2D eigenvalue weighted by Crippen LogP contribution is -2.32. The summed E-state index contributed by atoms with van der Waals surface area (Å²) in [7, 11) is 1.46. The summed E-state index contributed by atoms with van der Waals surface area (Å²) < 4.78 is 0. The Morgan fingerprint density at radius 3 is 2.55 bits per heavy atom. The highest BCUT2D eigenvalue weighted by Crippen LogP contribution is 2.15. The van der Waals surface area contributed by atoms with Gasteiger partial charge in [-0.25, -0.2) is 0 Å². The van der Waals surface area contributed by atoms with Crippen molar-refractivity contribution >= 4 is 17.7 Å². The Hall–Kier alpha value is -2.37. The summed E-state index contributed by atoms with van der Waals surface area (Å²) >= 11 is 0. The summed E-state index contributed by atoms with van der Waals surface area (Å²) in [5.74, 6) is -2.05. The van der Waals surface area contributed by atoms with Crippen molar-refractivity contribution in [2.75, 3.05) is 7.05 Å². The number of benzene rings is 1. The highest BCUT2D eigenvalue weighted by atomic mass is 16.2. The fourth-order valence-electron chi connectivity index (χ4n) is 2.14. The first-order valence-electron chi connectivity index (χ1n) is 6.41. The maximum absolute atomic E-state index is 11.9. The lowest BCUT2D eigenvalue weighted by molar-refractivity contribution is -0.135. The molecule has 1 heterocycles. The molecule has 2 N–H and O–H groups in total. The van der Waals surface area contributed by atoms with Crippen molar-refractivity contribution in [3.05, 3.63) is 35.9 Å². The van der Waals surface area contributed by atoms with Crippen LogP contribution in [-0.2, 0) is 14.4 Å². The van der Waals surface area contributed by atoms with Crippen molar-refractivity contribution < 1.29 is 14.4 Å². The van der Waals surface area contributed by atoms with Gasteiger partial charge in [-0.15, -0.1) is 0 Å². The fraction of sp³-hybridized carbons (Fsp3) is 0.357. The number of carbonyl (C=O) groups excluding carboxylic acids is 3. The average Bonchev–Trinajstić information content (AvgIpc) is 2.66. The van der Waals surface area contributed by atoms with Gasteiger partial charge in [-0.2, -0.15) is 0 Å². The Kier molecular flexibility index (Phi) is 4.02. The smallest absolute Gasteiger partial charge is 0.253 e. The van der Waals surface area contributed by atoms with Crippen LogP contribution in [0.1, 0.15) is 24.9 Å². The van der Waals surface area contributed by atoms with Crippen molar-refractivity contribution in [1.82, 2.24) is 15.8 Å². The summed E-state index contributed by atoms with van der Waals surface area (Å²) in [6.07, 6.45) is -0.133. The molecular weight excluding hydrogens is 258 g/mol. The van der Waals surface area contributed by atoms with Gasteiger partial charge in [0.15, 0.2) is 0 Å². The first-order chi connectivity index (χ1) is 9.49. The van der Waals surface area contributed by atoms with E-state index >= 15 is 0 Å². The van der Waals surface area contributed by atoms with Crippen molar-refractivity contribution in [2.24, 2.45) is 5.92 Å². The molecule has 2 unspecified atom stereocenters. The quantitative estimate of drug-likeness (QED) is 0.779. The third kappa shape index (κ3) is 2.96. The van der Waals surface area contributed by atoms with E-state index in [9.17, 15) is 14.4 Å². The molecule has 106 valence electrons. The minimum absolute atomic E-state index is 0.133. The molecule has 0 radical (unpaired) electrons. The van der Waals surface area contributed by atoms with Gasteiger partial charge >= 0.3 is 0 Å². The normalized spacial score (nSPS) is 19.7. The van der Waals surface area contributed by atoms with Gasteiger partial charge in [-0.1, -0.05) is 30.3 Å². The summed E-state index contributed by atoms with van der Waals surface area (Å²) in [5.41, 5.74) is 3.34. The third-order valence-electron chi connectivity index (χ3n) is 3.29. The van der Waals surface area contributed by atoms with Crippen LogP contribution in [0.4, 0.5) is 0 Å². The lowest BCUT2D eigenvalue weighted by atomic mass is 10.0. The van der Waals surface area contributed by atoms with E-state index in [0.29, 0.717) is 0 Å². The number of hydrogen-bond donors (Lipinski definition) is 2. The second-order valence-corrected chi connectivity index (χ2v) is 4.83. The van der Waals surface area contributed by atoms with E-state index < -0.39 is 11.8 Å². The summed E-state index contributed by atoms with van der Waals surface area (Å²) in [6, 6.07) is 9.33. The fourth-order valence-corrected chi connectivity index (χ4v) is 2.14. The molecule has 0 aromatic heterocycles. The summed E-state index contributed by atoms with van der Waals surface area (Å²) in [5, 5.41) is 3.90. The zero-order valence-corrected chi connectivity index (χ0v) is 11.4. The highest BCUT2D eigenvalue weighted by Gasteiger charge is 2.38. The van der Waals surface area contributed by atoms with Gasteiger partial charge in [0.2, 0.25) is 5.91 Å². The molecule has 0 bridgehead atoms. The molecule has 1 aliphatic heterocycles. The number of rotatable bonds is 4. The van der Waals surface area contributed by atoms with Gasteiger partial charge < -0.3 is 5.32 Å². The predicted octanol–water partition coefficient (Wildman–Crippen LogP) is 0.373. The molecule has 1 saturated heterocycles. The minimum Gasteiger partial charge on any atom is -0.350 e. The Morgan fingerprint density at radius 1 is 1.35 bits per heavy atom. The van der Waals surface area contributed by atoms with E-state index in [1.54, 1.807) is 0 Å². The number of amides is 3. The summed E-state index contributed by atoms with van der Waals surface area (Å²) in [6.45, 7) is 1.86. The molecular formula is C14H17N3O3. The maximum Gasteiger partial charge on any atom is 0.253 e. The number of carbonyl (C=O) groups is 3. The Morgan fingerprint density at radius 2 is 2.00 bits per heavy atom. The topological polar surface area (TPSA) is 78.5 Å². The van der Waals surface area contributed by atoms with Gasteiger partial charge in [0, 0.05) is 13.5 Å². The van der Waals surface area contributed by atoms with Crippen LogP contribution in [0.3, 0.4) is 0 Å². The van der Waals surface area contributed by atoms with Crippen LogP contribution in [0.2, 0.25) is 0 Å². The Bertz CT molecular complexity index is 530. The molecule has 1 aliphatic rings. The standard InChI is InChI=1S/C14H17N3O3/c1-9(10-6-4-3-5-7-10)15-12(18)8-11-13(19)16-17(2)14(11)20/h3-7,9,11H,8H2,1-2H3,(H,15,18)(H,16,19). The van der Waals surface area contributed by atoms with Crippen LogP contribution in [0.5, 0.6) is 0 Å². The van der Waals surface area contributed by atoms with Gasteiger partial charge in [0.05, 0.1) is 6.04 Å². The monoisotopic (exact) mass is 275 g/mol. The van der Waals surface area contributed by atoms with Crippen molar-refractivity contribution in [3.8, 4) is 0 Å². The van der Waals surface area contributed by atoms with Crippen molar-refractivity contribution in [2.45, 2.75) is 19.4 Å². The maximum atomic E-state index is 11.9. The van der Waals surface area contributed by atoms with E-state index in [2.05, 4.69) is 10.7 Å². The van der Waals surface area contributed by atoms with Crippen molar-refractivity contribution in [3.63, 3.8) is 0 Å². The zero-order chi connectivity index (χ0) is 14.7. The molecule has 3 amide bonds. The van der Waals surface area contributed by atoms with Gasteiger partial charge in [-0.3, -0.25) is 24.8 Å². The number of nitrogens with one attached hydrogen (secondary N) is 2. The largest absolute Gasteiger partial charge is 0.350 e. The SMILES string of the molecule is CC(NC(=O)CC1C(=O)NN(C)C1=O)c1ccccc1. The van der Waals surface area contributed by atoms with Gasteiger partial charge in [-0.05, 0) is 12.5 Å². The van der Waals surface area contributed by atoms with Crippen LogP contribution in [-0.4, -0.2) is 29.8 Å². The molecule has 0 saturated carbocycles. The molecule has 1 fully saturated rings. The molecule has 20 heavy (non-hydrogen) atoms. The minimum atomic E-state index is -0.928. The van der Waals surface area contributed by atoms with E-state index in [0.717, 1.165) is 10.6 Å².